The summed E-state index contributed by atoms with van der Waals surface area (Å²) in [7, 11) is 4.61. The Hall–Kier alpha value is -6.94. The molecule has 2 aliphatic rings. The van der Waals surface area contributed by atoms with Gasteiger partial charge < -0.3 is 29.2 Å². The number of fused-ring (bicyclic) bond motifs is 2. The monoisotopic (exact) mass is 974 g/mol. The molecule has 2 atom stereocenters. The number of aliphatic imine (C=N–C) groups is 2. The molecule has 0 amide bonds. The molecule has 0 aliphatic carbocycles. The topological polar surface area (TPSA) is 136 Å². The molecule has 364 valence electrons. The van der Waals surface area contributed by atoms with Gasteiger partial charge in [-0.2, -0.15) is 52.7 Å². The third kappa shape index (κ3) is 12.5. The van der Waals surface area contributed by atoms with Crippen LogP contribution in [0.1, 0.15) is 44.5 Å². The first-order chi connectivity index (χ1) is 31.7. The first kappa shape index (κ1) is 53.7. The zero-order chi connectivity index (χ0) is 50.9. The molecule has 2 unspecified atom stereocenters. The Bertz CT molecular complexity index is 2400. The van der Waals surface area contributed by atoms with Gasteiger partial charge in [-0.05, 0) is 83.9 Å². The van der Waals surface area contributed by atoms with Crippen molar-refractivity contribution < 1.29 is 91.4 Å². The SMILES string of the molecule is COc1ccc2c(c1)C(OC)(C(F)(F)F)CN=C2C=Cc1ccc(C(F)(F)F)cc1.COc1ccc2c(c1)C(OC)(C(F)(F)F)CN=C2C=Cc1ccc(C(F)(F)F)cc1.O=C(O)C=CC(=O)O. The lowest BCUT2D eigenvalue weighted by atomic mass is 9.84. The zero-order valence-corrected chi connectivity index (χ0v) is 35.7. The minimum atomic E-state index is -4.73. The van der Waals surface area contributed by atoms with E-state index in [4.69, 9.17) is 29.2 Å². The van der Waals surface area contributed by atoms with Gasteiger partial charge in [-0.3, -0.25) is 9.98 Å². The van der Waals surface area contributed by atoms with Crippen molar-refractivity contribution in [3.63, 3.8) is 0 Å². The van der Waals surface area contributed by atoms with E-state index < -0.39 is 72.1 Å². The van der Waals surface area contributed by atoms with Gasteiger partial charge in [0, 0.05) is 48.6 Å². The molecule has 0 aromatic heterocycles. The summed E-state index contributed by atoms with van der Waals surface area (Å²) >= 11 is 0. The highest BCUT2D eigenvalue weighted by Crippen LogP contribution is 2.48. The smallest absolute Gasteiger partial charge is 0.423 e. The maximum absolute atomic E-state index is 13.9. The van der Waals surface area contributed by atoms with Gasteiger partial charge in [-0.25, -0.2) is 9.59 Å². The second-order valence-corrected chi connectivity index (χ2v) is 14.2. The van der Waals surface area contributed by atoms with Crippen molar-refractivity contribution >= 4 is 35.5 Å². The van der Waals surface area contributed by atoms with Gasteiger partial charge in [0.1, 0.15) is 11.5 Å². The number of carboxylic acid groups (broad SMARTS) is 2. The number of hydrogen-bond donors (Lipinski definition) is 2. The molecule has 0 bridgehead atoms. The summed E-state index contributed by atoms with van der Waals surface area (Å²) in [6, 6.07) is 17.2. The average molecular weight is 975 g/mol. The van der Waals surface area contributed by atoms with Gasteiger partial charge in [-0.1, -0.05) is 36.4 Å². The van der Waals surface area contributed by atoms with Crippen LogP contribution in [0.2, 0.25) is 0 Å². The Kier molecular flexibility index (Phi) is 16.9. The largest absolute Gasteiger partial charge is 0.497 e. The molecule has 2 aliphatic heterocycles. The van der Waals surface area contributed by atoms with Gasteiger partial charge >= 0.3 is 36.6 Å². The molecule has 4 aromatic carbocycles. The molecule has 2 N–H and O–H groups in total. The van der Waals surface area contributed by atoms with Crippen LogP contribution in [0.15, 0.2) is 119 Å². The van der Waals surface area contributed by atoms with E-state index in [0.717, 1.165) is 38.5 Å². The van der Waals surface area contributed by atoms with Crippen molar-refractivity contribution in [1.29, 1.82) is 0 Å². The van der Waals surface area contributed by atoms with Crippen LogP contribution in [-0.4, -0.2) is 87.5 Å². The van der Waals surface area contributed by atoms with Crippen LogP contribution in [0.3, 0.4) is 0 Å². The number of methoxy groups -OCH3 is 4. The summed E-state index contributed by atoms with van der Waals surface area (Å²) in [6.45, 7) is -1.39. The number of ether oxygens (including phenoxy) is 4. The lowest BCUT2D eigenvalue weighted by Gasteiger charge is -2.37. The standard InChI is InChI=1S/2C21H17F6NO2.C4H4O4/c2*1-29-15-8-9-16-17(11-15)19(30-2,21(25,26)27)12-28-18(16)10-5-13-3-6-14(7-4-13)20(22,23)24;5-3(6)1-2-4(7)8/h2*3-11H,12H2,1-2H3;1-2H,(H,5,6)(H,7,8). The molecule has 0 radical (unpaired) electrons. The molecule has 4 aromatic rings. The predicted octanol–water partition coefficient (Wildman–Crippen LogP) is 11.0. The van der Waals surface area contributed by atoms with Gasteiger partial charge in [0.05, 0.1) is 49.9 Å². The van der Waals surface area contributed by atoms with Crippen LogP contribution in [-0.2, 0) is 42.6 Å². The van der Waals surface area contributed by atoms with Gasteiger partial charge in [-0.15, -0.1) is 0 Å². The molecule has 22 heteroatoms. The predicted molar refractivity (Wildman–Crippen MR) is 224 cm³/mol. The third-order valence-electron chi connectivity index (χ3n) is 10.1. The summed E-state index contributed by atoms with van der Waals surface area (Å²) in [4.78, 5) is 27.2. The van der Waals surface area contributed by atoms with Gasteiger partial charge in [0.2, 0.25) is 11.2 Å². The number of carbonyl (C=O) groups is 2. The van der Waals surface area contributed by atoms with Gasteiger partial charge in [0.15, 0.2) is 0 Å². The summed E-state index contributed by atoms with van der Waals surface area (Å²) in [5, 5.41) is 15.6. The Labute approximate surface area is 379 Å². The summed E-state index contributed by atoms with van der Waals surface area (Å²) < 4.78 is 179. The van der Waals surface area contributed by atoms with E-state index in [1.54, 1.807) is 0 Å². The fourth-order valence-electron chi connectivity index (χ4n) is 6.56. The molecular weight excluding hydrogens is 936 g/mol. The van der Waals surface area contributed by atoms with Crippen molar-refractivity contribution in [3.05, 3.63) is 154 Å². The van der Waals surface area contributed by atoms with Crippen molar-refractivity contribution in [2.75, 3.05) is 41.5 Å². The second kappa shape index (κ2) is 21.3. The Balaban J connectivity index is 0.000000256. The highest BCUT2D eigenvalue weighted by atomic mass is 19.4. The van der Waals surface area contributed by atoms with E-state index in [9.17, 15) is 62.3 Å². The van der Waals surface area contributed by atoms with Crippen LogP contribution in [0.4, 0.5) is 52.7 Å². The Morgan fingerprint density at radius 2 is 0.838 bits per heavy atom. The fraction of sp³-hybridized carbons (Fsp3) is 0.261. The zero-order valence-electron chi connectivity index (χ0n) is 35.7. The van der Waals surface area contributed by atoms with E-state index in [2.05, 4.69) is 9.98 Å². The maximum Gasteiger partial charge on any atom is 0.423 e. The van der Waals surface area contributed by atoms with E-state index in [-0.39, 0.29) is 45.2 Å². The molecule has 6 rings (SSSR count). The third-order valence-corrected chi connectivity index (χ3v) is 10.1. The van der Waals surface area contributed by atoms with Crippen LogP contribution in [0.5, 0.6) is 11.5 Å². The van der Waals surface area contributed by atoms with Crippen molar-refractivity contribution in [1.82, 2.24) is 0 Å². The number of hydrogen-bond acceptors (Lipinski definition) is 8. The number of benzene rings is 4. The van der Waals surface area contributed by atoms with E-state index in [1.165, 1.54) is 99.2 Å². The Morgan fingerprint density at radius 3 is 1.09 bits per heavy atom. The number of alkyl halides is 12. The number of allylic oxidation sites excluding steroid dienone is 2. The lowest BCUT2D eigenvalue weighted by molar-refractivity contribution is -0.272. The summed E-state index contributed by atoms with van der Waals surface area (Å²) in [6.07, 6.45) is -11.3. The Morgan fingerprint density at radius 1 is 0.515 bits per heavy atom. The fourth-order valence-corrected chi connectivity index (χ4v) is 6.56. The molecular formula is C46H38F12N2O8. The normalized spacial score (nSPS) is 18.4. The highest BCUT2D eigenvalue weighted by molar-refractivity contribution is 6.13. The number of halogens is 12. The number of rotatable bonds is 10. The van der Waals surface area contributed by atoms with Crippen molar-refractivity contribution in [2.24, 2.45) is 9.98 Å². The van der Waals surface area contributed by atoms with E-state index in [0.29, 0.717) is 23.3 Å². The number of nitrogens with zero attached hydrogens (tertiary/aromatic N) is 2. The van der Waals surface area contributed by atoms with E-state index >= 15 is 0 Å². The molecule has 10 nitrogen and oxygen atoms in total. The van der Waals surface area contributed by atoms with Gasteiger partial charge in [0.25, 0.3) is 0 Å². The van der Waals surface area contributed by atoms with Crippen LogP contribution < -0.4 is 9.47 Å². The minimum absolute atomic E-state index is 0.140. The molecule has 0 saturated carbocycles. The molecule has 0 spiro atoms. The molecule has 0 saturated heterocycles. The first-order valence-corrected chi connectivity index (χ1v) is 19.2. The minimum Gasteiger partial charge on any atom is -0.497 e. The number of aliphatic carboxylic acids is 2. The summed E-state index contributed by atoms with van der Waals surface area (Å²) in [5.74, 6) is -2.06. The van der Waals surface area contributed by atoms with Crippen LogP contribution in [0.25, 0.3) is 12.2 Å². The number of carboxylic acids is 2. The lowest BCUT2D eigenvalue weighted by Crippen LogP contribution is -2.49. The van der Waals surface area contributed by atoms with Crippen LogP contribution >= 0.6 is 0 Å². The first-order valence-electron chi connectivity index (χ1n) is 19.2. The maximum atomic E-state index is 13.9. The summed E-state index contributed by atoms with van der Waals surface area (Å²) in [5.41, 5.74) is -5.31. The average Bonchev–Trinajstić information content (AvgIpc) is 3.28. The van der Waals surface area contributed by atoms with E-state index in [1.807, 2.05) is 0 Å². The highest BCUT2D eigenvalue weighted by Gasteiger charge is 2.60. The quantitative estimate of drug-likeness (QED) is 0.118. The molecule has 2 heterocycles. The molecule has 68 heavy (non-hydrogen) atoms. The second-order valence-electron chi connectivity index (χ2n) is 14.2. The van der Waals surface area contributed by atoms with Crippen molar-refractivity contribution in [3.8, 4) is 11.5 Å². The van der Waals surface area contributed by atoms with Crippen LogP contribution in [0, 0.1) is 0 Å². The molecule has 0 fully saturated rings. The van der Waals surface area contributed by atoms with Crippen molar-refractivity contribution in [2.45, 2.75) is 35.9 Å².